The third-order valence-corrected chi connectivity index (χ3v) is 4.77. The summed E-state index contributed by atoms with van der Waals surface area (Å²) < 4.78 is 0. The molecule has 0 unspecified atom stereocenters. The van der Waals surface area contributed by atoms with E-state index in [1.54, 1.807) is 6.20 Å². The number of carbonyl (C=O) groups excluding carboxylic acids is 1. The van der Waals surface area contributed by atoms with Crippen molar-refractivity contribution in [2.45, 2.75) is 37.8 Å². The van der Waals surface area contributed by atoms with E-state index >= 15 is 0 Å². The zero-order valence-electron chi connectivity index (χ0n) is 13.8. The predicted octanol–water partition coefficient (Wildman–Crippen LogP) is 2.66. The number of benzene rings is 1. The van der Waals surface area contributed by atoms with E-state index in [9.17, 15) is 9.90 Å². The number of amides is 1. The maximum Gasteiger partial charge on any atom is 0.253 e. The molecule has 0 spiro atoms. The number of carbonyl (C=O) groups is 1. The predicted molar refractivity (Wildman–Crippen MR) is 95.1 cm³/mol. The molecule has 6 nitrogen and oxygen atoms in total. The lowest BCUT2D eigenvalue weighted by Gasteiger charge is -2.26. The third-order valence-electron chi connectivity index (χ3n) is 4.77. The number of pyridine rings is 1. The molecule has 2 aromatic heterocycles. The van der Waals surface area contributed by atoms with E-state index in [0.29, 0.717) is 11.2 Å². The first-order valence-electron chi connectivity index (χ1n) is 8.59. The highest BCUT2D eigenvalue weighted by atomic mass is 16.3. The lowest BCUT2D eigenvalue weighted by molar-refractivity contribution is 0.0867. The van der Waals surface area contributed by atoms with Crippen LogP contribution in [0.3, 0.4) is 0 Å². The van der Waals surface area contributed by atoms with Gasteiger partial charge in [-0.1, -0.05) is 30.3 Å². The van der Waals surface area contributed by atoms with Crippen molar-refractivity contribution < 1.29 is 9.90 Å². The third kappa shape index (κ3) is 3.25. The van der Waals surface area contributed by atoms with E-state index in [0.717, 1.165) is 42.3 Å². The van der Waals surface area contributed by atoms with Crippen LogP contribution in [0.4, 0.5) is 0 Å². The fraction of sp³-hybridized carbons (Fsp3) is 0.316. The van der Waals surface area contributed by atoms with E-state index in [2.05, 4.69) is 20.5 Å². The van der Waals surface area contributed by atoms with Crippen LogP contribution >= 0.6 is 0 Å². The molecule has 0 saturated heterocycles. The normalized spacial score (nSPS) is 20.5. The Morgan fingerprint density at radius 3 is 2.68 bits per heavy atom. The van der Waals surface area contributed by atoms with Gasteiger partial charge in [-0.05, 0) is 31.7 Å². The van der Waals surface area contributed by atoms with Gasteiger partial charge in [0, 0.05) is 23.2 Å². The largest absolute Gasteiger partial charge is 0.393 e. The minimum absolute atomic E-state index is 0.115. The van der Waals surface area contributed by atoms with Crippen molar-refractivity contribution in [2.75, 3.05) is 0 Å². The zero-order chi connectivity index (χ0) is 17.2. The Labute approximate surface area is 145 Å². The maximum absolute atomic E-state index is 12.6. The highest BCUT2D eigenvalue weighted by Crippen LogP contribution is 2.26. The van der Waals surface area contributed by atoms with Crippen LogP contribution in [0.2, 0.25) is 0 Å². The van der Waals surface area contributed by atoms with Gasteiger partial charge in [0.25, 0.3) is 5.91 Å². The SMILES string of the molecule is O=C(NC1CCC(O)CC1)c1cnc2n[nH]c(-c3ccccc3)c2c1. The van der Waals surface area contributed by atoms with Gasteiger partial charge in [0.15, 0.2) is 5.65 Å². The first-order chi connectivity index (χ1) is 12.2. The van der Waals surface area contributed by atoms with Crippen LogP contribution in [-0.4, -0.2) is 38.3 Å². The second-order valence-corrected chi connectivity index (χ2v) is 6.54. The Balaban J connectivity index is 1.59. The molecule has 0 atom stereocenters. The highest BCUT2D eigenvalue weighted by Gasteiger charge is 2.22. The summed E-state index contributed by atoms with van der Waals surface area (Å²) in [6.45, 7) is 0. The molecule has 1 aromatic carbocycles. The van der Waals surface area contributed by atoms with Crippen molar-refractivity contribution in [3.05, 3.63) is 48.2 Å². The number of rotatable bonds is 3. The lowest BCUT2D eigenvalue weighted by atomic mass is 9.93. The molecule has 2 heterocycles. The number of hydrogen-bond acceptors (Lipinski definition) is 4. The van der Waals surface area contributed by atoms with Crippen molar-refractivity contribution in [3.63, 3.8) is 0 Å². The number of aromatic nitrogens is 3. The second kappa shape index (κ2) is 6.64. The Morgan fingerprint density at radius 2 is 1.92 bits per heavy atom. The molecular formula is C19H20N4O2. The van der Waals surface area contributed by atoms with Gasteiger partial charge in [-0.3, -0.25) is 9.89 Å². The van der Waals surface area contributed by atoms with Crippen molar-refractivity contribution in [1.82, 2.24) is 20.5 Å². The van der Waals surface area contributed by atoms with Crippen LogP contribution in [0.15, 0.2) is 42.6 Å². The van der Waals surface area contributed by atoms with Crippen molar-refractivity contribution in [1.29, 1.82) is 0 Å². The van der Waals surface area contributed by atoms with Gasteiger partial charge in [-0.2, -0.15) is 5.10 Å². The number of hydrogen-bond donors (Lipinski definition) is 3. The van der Waals surface area contributed by atoms with Gasteiger partial charge in [0.1, 0.15) is 0 Å². The summed E-state index contributed by atoms with van der Waals surface area (Å²) in [5.41, 5.74) is 2.98. The molecule has 25 heavy (non-hydrogen) atoms. The lowest BCUT2D eigenvalue weighted by Crippen LogP contribution is -2.38. The number of aliphatic hydroxyl groups excluding tert-OH is 1. The fourth-order valence-corrected chi connectivity index (χ4v) is 3.34. The van der Waals surface area contributed by atoms with E-state index in [4.69, 9.17) is 0 Å². The topological polar surface area (TPSA) is 90.9 Å². The molecule has 1 saturated carbocycles. The summed E-state index contributed by atoms with van der Waals surface area (Å²) in [4.78, 5) is 16.9. The quantitative estimate of drug-likeness (QED) is 0.686. The van der Waals surface area contributed by atoms with Crippen LogP contribution in [0.25, 0.3) is 22.3 Å². The fourth-order valence-electron chi connectivity index (χ4n) is 3.34. The highest BCUT2D eigenvalue weighted by molar-refractivity contribution is 6.00. The van der Waals surface area contributed by atoms with Crippen LogP contribution in [0.5, 0.6) is 0 Å². The average Bonchev–Trinajstić information content (AvgIpc) is 3.07. The van der Waals surface area contributed by atoms with Crippen LogP contribution in [0.1, 0.15) is 36.0 Å². The number of H-pyrrole nitrogens is 1. The van der Waals surface area contributed by atoms with E-state index < -0.39 is 0 Å². The van der Waals surface area contributed by atoms with E-state index in [-0.39, 0.29) is 18.1 Å². The van der Waals surface area contributed by atoms with E-state index in [1.165, 1.54) is 0 Å². The summed E-state index contributed by atoms with van der Waals surface area (Å²) >= 11 is 0. The minimum atomic E-state index is -0.231. The number of fused-ring (bicyclic) bond motifs is 1. The summed E-state index contributed by atoms with van der Waals surface area (Å²) in [6, 6.07) is 11.8. The van der Waals surface area contributed by atoms with Crippen molar-refractivity contribution in [2.24, 2.45) is 0 Å². The zero-order valence-corrected chi connectivity index (χ0v) is 13.8. The van der Waals surface area contributed by atoms with Gasteiger partial charge >= 0.3 is 0 Å². The van der Waals surface area contributed by atoms with E-state index in [1.807, 2.05) is 36.4 Å². The molecule has 3 N–H and O–H groups in total. The van der Waals surface area contributed by atoms with Gasteiger partial charge in [-0.15, -0.1) is 0 Å². The summed E-state index contributed by atoms with van der Waals surface area (Å²) in [5.74, 6) is -0.129. The molecule has 4 rings (SSSR count). The maximum atomic E-state index is 12.6. The average molecular weight is 336 g/mol. The molecule has 6 heteroatoms. The molecule has 128 valence electrons. The smallest absolute Gasteiger partial charge is 0.253 e. The summed E-state index contributed by atoms with van der Waals surface area (Å²) in [7, 11) is 0. The number of nitrogens with one attached hydrogen (secondary N) is 2. The molecule has 0 radical (unpaired) electrons. The standard InChI is InChI=1S/C19H20N4O2/c24-15-8-6-14(7-9-15)21-19(25)13-10-16-17(12-4-2-1-3-5-12)22-23-18(16)20-11-13/h1-5,10-11,14-15,24H,6-9H2,(H,21,25)(H,20,22,23). The van der Waals surface area contributed by atoms with Gasteiger partial charge in [-0.25, -0.2) is 4.98 Å². The first kappa shape index (κ1) is 15.8. The van der Waals surface area contributed by atoms with Crippen LogP contribution in [0, 0.1) is 0 Å². The molecule has 1 amide bonds. The molecule has 0 bridgehead atoms. The summed E-state index contributed by atoms with van der Waals surface area (Å²) in [6.07, 6.45) is 4.42. The molecule has 1 fully saturated rings. The monoisotopic (exact) mass is 336 g/mol. The van der Waals surface area contributed by atoms with Crippen LogP contribution < -0.4 is 5.32 Å². The van der Waals surface area contributed by atoms with Crippen molar-refractivity contribution >= 4 is 16.9 Å². The molecule has 0 aliphatic heterocycles. The van der Waals surface area contributed by atoms with Gasteiger partial charge < -0.3 is 10.4 Å². The van der Waals surface area contributed by atoms with Crippen LogP contribution in [-0.2, 0) is 0 Å². The second-order valence-electron chi connectivity index (χ2n) is 6.54. The van der Waals surface area contributed by atoms with Crippen molar-refractivity contribution in [3.8, 4) is 11.3 Å². The van der Waals surface area contributed by atoms with Gasteiger partial charge in [0.2, 0.25) is 0 Å². The molecule has 3 aromatic rings. The number of aliphatic hydroxyl groups is 1. The Bertz CT molecular complexity index is 883. The summed E-state index contributed by atoms with van der Waals surface area (Å²) in [5, 5.41) is 20.7. The molecular weight excluding hydrogens is 316 g/mol. The Kier molecular flexibility index (Phi) is 4.19. The minimum Gasteiger partial charge on any atom is -0.393 e. The Morgan fingerprint density at radius 1 is 1.16 bits per heavy atom. The molecule has 1 aliphatic rings. The first-order valence-corrected chi connectivity index (χ1v) is 8.59. The van der Waals surface area contributed by atoms with Gasteiger partial charge in [0.05, 0.1) is 17.4 Å². The number of aromatic amines is 1. The molecule has 1 aliphatic carbocycles. The number of nitrogens with zero attached hydrogens (tertiary/aromatic N) is 2. The Hall–Kier alpha value is -2.73.